The number of nitrogens with one attached hydrogen (secondary N) is 1. The minimum Gasteiger partial charge on any atom is -0.493 e. The molecule has 37 heavy (non-hydrogen) atoms. The molecular weight excluding hydrogens is 470 g/mol. The fourth-order valence-electron chi connectivity index (χ4n) is 4.68. The summed E-state index contributed by atoms with van der Waals surface area (Å²) in [6.07, 6.45) is -2.14. The monoisotopic (exact) mass is 503 g/mol. The maximum atomic E-state index is 10.7. The molecule has 1 aliphatic rings. The van der Waals surface area contributed by atoms with Crippen molar-refractivity contribution in [3.05, 3.63) is 78.4 Å². The van der Waals surface area contributed by atoms with E-state index in [-0.39, 0.29) is 0 Å². The molecule has 0 unspecified atom stereocenters. The van der Waals surface area contributed by atoms with E-state index in [2.05, 4.69) is 36.5 Å². The zero-order valence-corrected chi connectivity index (χ0v) is 20.8. The Morgan fingerprint density at radius 2 is 1.78 bits per heavy atom. The summed E-state index contributed by atoms with van der Waals surface area (Å²) >= 11 is 0. The summed E-state index contributed by atoms with van der Waals surface area (Å²) in [6.45, 7) is 2.85. The Bertz CT molecular complexity index is 1330. The number of anilines is 1. The minimum atomic E-state index is -1.21. The highest BCUT2D eigenvalue weighted by molar-refractivity contribution is 5.79. The van der Waals surface area contributed by atoms with E-state index in [0.717, 1.165) is 46.3 Å². The van der Waals surface area contributed by atoms with Gasteiger partial charge in [0.2, 0.25) is 5.95 Å². The molecule has 1 aliphatic heterocycles. The van der Waals surface area contributed by atoms with Gasteiger partial charge in [-0.05, 0) is 35.7 Å². The maximum absolute atomic E-state index is 10.7. The van der Waals surface area contributed by atoms with E-state index in [4.69, 9.17) is 14.5 Å². The maximum Gasteiger partial charge on any atom is 0.206 e. The van der Waals surface area contributed by atoms with E-state index in [0.29, 0.717) is 19.1 Å². The molecule has 8 heteroatoms. The van der Waals surface area contributed by atoms with Crippen molar-refractivity contribution in [3.8, 4) is 16.9 Å². The minimum absolute atomic E-state index is 0.390. The van der Waals surface area contributed by atoms with E-state index in [1.165, 1.54) is 0 Å². The normalized spacial score (nSPS) is 21.4. The molecule has 0 saturated carbocycles. The topological polar surface area (TPSA) is 109 Å². The first-order valence-corrected chi connectivity index (χ1v) is 12.7. The number of hydrogen-bond acceptors (Lipinski definition) is 7. The Hall–Kier alpha value is -3.43. The standard InChI is InChI=1S/C29H33N3O5/c1-2-3-15-36-24-16-19(13-14-21(24)20-9-5-4-6-10-20)17-30-29-31-22-11-7-8-12-23(22)32(29)28-27(35)26(34)25(18-33)37-28/h4-14,16,25-28,33-35H,2-3,15,17-18H2,1H3,(H,30,31)/t25-,26-,27-,28-/m1/s1. The van der Waals surface area contributed by atoms with Crippen LogP contribution in [0.2, 0.25) is 0 Å². The average molecular weight is 504 g/mol. The molecule has 3 aromatic carbocycles. The number of aromatic nitrogens is 2. The lowest BCUT2D eigenvalue weighted by Gasteiger charge is -2.20. The van der Waals surface area contributed by atoms with Crippen molar-refractivity contribution in [2.75, 3.05) is 18.5 Å². The van der Waals surface area contributed by atoms with Gasteiger partial charge in [-0.2, -0.15) is 0 Å². The van der Waals surface area contributed by atoms with Crippen LogP contribution in [0.3, 0.4) is 0 Å². The van der Waals surface area contributed by atoms with Crippen LogP contribution in [0.4, 0.5) is 5.95 Å². The zero-order chi connectivity index (χ0) is 25.8. The van der Waals surface area contributed by atoms with Gasteiger partial charge in [-0.15, -0.1) is 0 Å². The van der Waals surface area contributed by atoms with Crippen LogP contribution in [0.1, 0.15) is 31.6 Å². The van der Waals surface area contributed by atoms with Crippen molar-refractivity contribution in [1.29, 1.82) is 0 Å². The SMILES string of the molecule is CCCCOc1cc(CNc2nc3ccccc3n2[C@@H]2O[C@H](CO)[C@@H](O)[C@H]2O)ccc1-c1ccccc1. The van der Waals surface area contributed by atoms with Crippen LogP contribution in [0.15, 0.2) is 72.8 Å². The second-order valence-electron chi connectivity index (χ2n) is 9.28. The van der Waals surface area contributed by atoms with Crippen LogP contribution in [0.25, 0.3) is 22.2 Å². The van der Waals surface area contributed by atoms with Crippen LogP contribution >= 0.6 is 0 Å². The van der Waals surface area contributed by atoms with Crippen LogP contribution in [0, 0.1) is 0 Å². The van der Waals surface area contributed by atoms with E-state index in [9.17, 15) is 15.3 Å². The summed E-state index contributed by atoms with van der Waals surface area (Å²) in [6, 6.07) is 23.9. The van der Waals surface area contributed by atoms with Crippen LogP contribution in [0.5, 0.6) is 5.75 Å². The van der Waals surface area contributed by atoms with Gasteiger partial charge in [-0.1, -0.05) is 67.9 Å². The van der Waals surface area contributed by atoms with Crippen molar-refractivity contribution in [3.63, 3.8) is 0 Å². The number of unbranched alkanes of at least 4 members (excludes halogenated alkanes) is 1. The first-order valence-electron chi connectivity index (χ1n) is 12.7. The molecule has 1 aromatic heterocycles. The molecule has 1 saturated heterocycles. The molecule has 0 radical (unpaired) electrons. The highest BCUT2D eigenvalue weighted by Crippen LogP contribution is 2.36. The van der Waals surface area contributed by atoms with E-state index < -0.39 is 31.1 Å². The Morgan fingerprint density at radius 1 is 1.00 bits per heavy atom. The molecule has 2 heterocycles. The first kappa shape index (κ1) is 25.2. The van der Waals surface area contributed by atoms with Crippen LogP contribution in [-0.2, 0) is 11.3 Å². The van der Waals surface area contributed by atoms with Crippen LogP contribution < -0.4 is 10.1 Å². The Balaban J connectivity index is 1.43. The van der Waals surface area contributed by atoms with Gasteiger partial charge in [0, 0.05) is 12.1 Å². The summed E-state index contributed by atoms with van der Waals surface area (Å²) in [5, 5.41) is 34.0. The lowest BCUT2D eigenvalue weighted by molar-refractivity contribution is -0.0499. The van der Waals surface area contributed by atoms with Gasteiger partial charge in [0.1, 0.15) is 24.1 Å². The number of nitrogens with zero attached hydrogens (tertiary/aromatic N) is 2. The molecule has 4 aromatic rings. The average Bonchev–Trinajstić information content (AvgIpc) is 3.44. The number of aliphatic hydroxyl groups excluding tert-OH is 3. The second kappa shape index (κ2) is 11.3. The molecule has 0 bridgehead atoms. The van der Waals surface area contributed by atoms with Gasteiger partial charge in [0.25, 0.3) is 0 Å². The van der Waals surface area contributed by atoms with Gasteiger partial charge in [-0.25, -0.2) is 4.98 Å². The fraction of sp³-hybridized carbons (Fsp3) is 0.345. The third-order valence-electron chi connectivity index (χ3n) is 6.70. The number of fused-ring (bicyclic) bond motifs is 1. The van der Waals surface area contributed by atoms with Gasteiger partial charge in [0.15, 0.2) is 6.23 Å². The summed E-state index contributed by atoms with van der Waals surface area (Å²) in [7, 11) is 0. The highest BCUT2D eigenvalue weighted by Gasteiger charge is 2.44. The van der Waals surface area contributed by atoms with Gasteiger partial charge >= 0.3 is 0 Å². The van der Waals surface area contributed by atoms with Crippen molar-refractivity contribution in [2.45, 2.75) is 50.8 Å². The lowest BCUT2D eigenvalue weighted by atomic mass is 10.0. The molecule has 1 fully saturated rings. The van der Waals surface area contributed by atoms with Crippen molar-refractivity contribution in [1.82, 2.24) is 9.55 Å². The molecule has 4 atom stereocenters. The number of aliphatic hydroxyl groups is 3. The molecule has 0 amide bonds. The molecule has 8 nitrogen and oxygen atoms in total. The van der Waals surface area contributed by atoms with Crippen molar-refractivity contribution in [2.24, 2.45) is 0 Å². The fourth-order valence-corrected chi connectivity index (χ4v) is 4.68. The Labute approximate surface area is 216 Å². The summed E-state index contributed by atoms with van der Waals surface area (Å²) < 4.78 is 13.8. The number of para-hydroxylation sites is 2. The van der Waals surface area contributed by atoms with Gasteiger partial charge in [-0.3, -0.25) is 4.57 Å². The number of hydrogen-bond donors (Lipinski definition) is 4. The van der Waals surface area contributed by atoms with Crippen LogP contribution in [-0.4, -0.2) is 56.4 Å². The molecule has 0 aliphatic carbocycles. The lowest BCUT2D eigenvalue weighted by Crippen LogP contribution is -2.33. The van der Waals surface area contributed by atoms with E-state index >= 15 is 0 Å². The Kier molecular flexibility index (Phi) is 7.71. The number of ether oxygens (including phenoxy) is 2. The van der Waals surface area contributed by atoms with Crippen molar-refractivity contribution < 1.29 is 24.8 Å². The molecule has 5 rings (SSSR count). The zero-order valence-electron chi connectivity index (χ0n) is 20.8. The molecule has 194 valence electrons. The largest absolute Gasteiger partial charge is 0.493 e. The summed E-state index contributed by atoms with van der Waals surface area (Å²) in [5.41, 5.74) is 4.62. The summed E-state index contributed by atoms with van der Waals surface area (Å²) in [4.78, 5) is 4.72. The number of imidazole rings is 1. The predicted molar refractivity (Wildman–Crippen MR) is 142 cm³/mol. The Morgan fingerprint density at radius 3 is 2.54 bits per heavy atom. The number of benzene rings is 3. The van der Waals surface area contributed by atoms with Crippen molar-refractivity contribution >= 4 is 17.0 Å². The molecular formula is C29H33N3O5. The smallest absolute Gasteiger partial charge is 0.206 e. The third kappa shape index (κ3) is 5.19. The first-order chi connectivity index (χ1) is 18.1. The number of rotatable bonds is 10. The van der Waals surface area contributed by atoms with Gasteiger partial charge < -0.3 is 30.1 Å². The van der Waals surface area contributed by atoms with E-state index in [1.54, 1.807) is 4.57 Å². The van der Waals surface area contributed by atoms with E-state index in [1.807, 2.05) is 48.5 Å². The third-order valence-corrected chi connectivity index (χ3v) is 6.70. The molecule has 4 N–H and O–H groups in total. The second-order valence-corrected chi connectivity index (χ2v) is 9.28. The summed E-state index contributed by atoms with van der Waals surface area (Å²) in [5.74, 6) is 1.33. The molecule has 0 spiro atoms. The van der Waals surface area contributed by atoms with Gasteiger partial charge in [0.05, 0.1) is 24.2 Å². The highest BCUT2D eigenvalue weighted by atomic mass is 16.6. The quantitative estimate of drug-likeness (QED) is 0.241. The predicted octanol–water partition coefficient (Wildman–Crippen LogP) is 4.11.